The summed E-state index contributed by atoms with van der Waals surface area (Å²) < 4.78 is 0. The highest BCUT2D eigenvalue weighted by Gasteiger charge is 2.26. The van der Waals surface area contributed by atoms with Crippen LogP contribution >= 0.6 is 24.0 Å². The summed E-state index contributed by atoms with van der Waals surface area (Å²) in [6.45, 7) is 0. The minimum atomic E-state index is 0. The lowest BCUT2D eigenvalue weighted by Crippen LogP contribution is -2.20. The molecule has 0 fully saturated rings. The fourth-order valence-corrected chi connectivity index (χ4v) is 3.39. The molecule has 1 aliphatic rings. The van der Waals surface area contributed by atoms with Gasteiger partial charge in [0.25, 0.3) is 0 Å². The van der Waals surface area contributed by atoms with Crippen LogP contribution in [0.4, 0.5) is 11.4 Å². The minimum absolute atomic E-state index is 0. The molecule has 0 N–H and O–H groups in total. The summed E-state index contributed by atoms with van der Waals surface area (Å²) in [7, 11) is 2.15. The standard InChI is InChI=1S/C22H19N.HI/c1-23-21-13-7-5-11-19(21)18(20-12-6-8-14-22(20)23)16-15-17-9-3-2-4-10-17;/h2-16,18H,1H3;1H/b16-15+;. The smallest absolute Gasteiger partial charge is 0.0450 e. The molecule has 0 unspecified atom stereocenters. The van der Waals surface area contributed by atoms with Crippen LogP contribution < -0.4 is 4.90 Å². The number of nitrogens with zero attached hydrogens (tertiary/aromatic N) is 1. The zero-order valence-corrected chi connectivity index (χ0v) is 15.9. The Morgan fingerprint density at radius 3 is 1.79 bits per heavy atom. The molecule has 0 bridgehead atoms. The molecule has 0 aromatic heterocycles. The molecule has 0 saturated heterocycles. The van der Waals surface area contributed by atoms with E-state index in [0.29, 0.717) is 5.92 Å². The van der Waals surface area contributed by atoms with Gasteiger partial charge in [0.05, 0.1) is 0 Å². The third kappa shape index (κ3) is 2.98. The second kappa shape index (κ2) is 7.22. The summed E-state index contributed by atoms with van der Waals surface area (Å²) in [5, 5.41) is 0. The highest BCUT2D eigenvalue weighted by Crippen LogP contribution is 2.45. The number of anilines is 2. The van der Waals surface area contributed by atoms with E-state index < -0.39 is 0 Å². The predicted octanol–water partition coefficient (Wildman–Crippen LogP) is 6.23. The molecular formula is C22H20IN. The van der Waals surface area contributed by atoms with Crippen molar-refractivity contribution in [2.45, 2.75) is 5.92 Å². The van der Waals surface area contributed by atoms with Crippen LogP contribution in [-0.2, 0) is 0 Å². The first-order valence-electron chi connectivity index (χ1n) is 7.99. The number of rotatable bonds is 2. The number of allylic oxidation sites excluding steroid dienone is 1. The van der Waals surface area contributed by atoms with Crippen molar-refractivity contribution in [2.24, 2.45) is 0 Å². The van der Waals surface area contributed by atoms with E-state index in [1.165, 1.54) is 28.1 Å². The van der Waals surface area contributed by atoms with Crippen molar-refractivity contribution in [3.63, 3.8) is 0 Å². The molecule has 3 aromatic rings. The zero-order valence-electron chi connectivity index (χ0n) is 13.6. The third-order valence-corrected chi connectivity index (χ3v) is 4.55. The molecule has 0 spiro atoms. The van der Waals surface area contributed by atoms with E-state index in [-0.39, 0.29) is 24.0 Å². The van der Waals surface area contributed by atoms with E-state index >= 15 is 0 Å². The Morgan fingerprint density at radius 1 is 0.708 bits per heavy atom. The van der Waals surface area contributed by atoms with Crippen LogP contribution in [-0.4, -0.2) is 7.05 Å². The van der Waals surface area contributed by atoms with Gasteiger partial charge in [-0.1, -0.05) is 78.9 Å². The van der Waals surface area contributed by atoms with Crippen LogP contribution in [0.25, 0.3) is 6.08 Å². The highest BCUT2D eigenvalue weighted by atomic mass is 127. The molecule has 0 radical (unpaired) electrons. The van der Waals surface area contributed by atoms with Crippen molar-refractivity contribution >= 4 is 41.4 Å². The Labute approximate surface area is 160 Å². The number of halogens is 1. The van der Waals surface area contributed by atoms with E-state index in [1.54, 1.807) is 0 Å². The number of hydrogen-bond acceptors (Lipinski definition) is 1. The molecule has 0 amide bonds. The molecule has 0 atom stereocenters. The van der Waals surface area contributed by atoms with Crippen LogP contribution in [0.3, 0.4) is 0 Å². The molecule has 3 aromatic carbocycles. The van der Waals surface area contributed by atoms with E-state index in [9.17, 15) is 0 Å². The summed E-state index contributed by atoms with van der Waals surface area (Å²) in [4.78, 5) is 2.29. The maximum Gasteiger partial charge on any atom is 0.0450 e. The first kappa shape index (κ1) is 16.8. The van der Waals surface area contributed by atoms with Gasteiger partial charge in [0.1, 0.15) is 0 Å². The van der Waals surface area contributed by atoms with Crippen molar-refractivity contribution in [3.8, 4) is 0 Å². The molecule has 1 nitrogen and oxygen atoms in total. The summed E-state index contributed by atoms with van der Waals surface area (Å²) >= 11 is 0. The number of para-hydroxylation sites is 2. The Morgan fingerprint density at radius 2 is 1.21 bits per heavy atom. The lowest BCUT2D eigenvalue weighted by Gasteiger charge is -2.34. The average Bonchev–Trinajstić information content (AvgIpc) is 2.63. The van der Waals surface area contributed by atoms with Crippen LogP contribution in [0, 0.1) is 0 Å². The van der Waals surface area contributed by atoms with Gasteiger partial charge in [0, 0.05) is 24.3 Å². The largest absolute Gasteiger partial charge is 0.344 e. The van der Waals surface area contributed by atoms with Crippen molar-refractivity contribution in [1.82, 2.24) is 0 Å². The molecule has 0 aliphatic carbocycles. The van der Waals surface area contributed by atoms with Crippen molar-refractivity contribution in [1.29, 1.82) is 0 Å². The Hall–Kier alpha value is -2.07. The zero-order chi connectivity index (χ0) is 15.6. The topological polar surface area (TPSA) is 3.24 Å². The monoisotopic (exact) mass is 425 g/mol. The van der Waals surface area contributed by atoms with E-state index in [0.717, 1.165) is 0 Å². The molecule has 1 heterocycles. The normalized spacial score (nSPS) is 13.3. The summed E-state index contributed by atoms with van der Waals surface area (Å²) in [6.07, 6.45) is 4.55. The van der Waals surface area contributed by atoms with Gasteiger partial charge in [-0.25, -0.2) is 0 Å². The van der Waals surface area contributed by atoms with E-state index in [4.69, 9.17) is 0 Å². The van der Waals surface area contributed by atoms with Gasteiger partial charge < -0.3 is 4.90 Å². The van der Waals surface area contributed by atoms with Crippen LogP contribution in [0.15, 0.2) is 84.9 Å². The van der Waals surface area contributed by atoms with Crippen LogP contribution in [0.1, 0.15) is 22.6 Å². The maximum atomic E-state index is 2.32. The predicted molar refractivity (Wildman–Crippen MR) is 114 cm³/mol. The molecular weight excluding hydrogens is 405 g/mol. The average molecular weight is 425 g/mol. The lowest BCUT2D eigenvalue weighted by molar-refractivity contribution is 0.963. The van der Waals surface area contributed by atoms with Crippen LogP contribution in [0.2, 0.25) is 0 Å². The molecule has 4 rings (SSSR count). The summed E-state index contributed by atoms with van der Waals surface area (Å²) in [6, 6.07) is 27.9. The number of benzene rings is 3. The van der Waals surface area contributed by atoms with E-state index in [2.05, 4.69) is 103 Å². The van der Waals surface area contributed by atoms with Gasteiger partial charge in [-0.15, -0.1) is 24.0 Å². The first-order valence-corrected chi connectivity index (χ1v) is 7.99. The van der Waals surface area contributed by atoms with Gasteiger partial charge in [-0.05, 0) is 28.8 Å². The second-order valence-electron chi connectivity index (χ2n) is 5.92. The van der Waals surface area contributed by atoms with Gasteiger partial charge >= 0.3 is 0 Å². The molecule has 24 heavy (non-hydrogen) atoms. The van der Waals surface area contributed by atoms with Gasteiger partial charge in [0.2, 0.25) is 0 Å². The SMILES string of the molecule is CN1c2ccccc2C(/C=C/c2ccccc2)c2ccccc21.I. The van der Waals surface area contributed by atoms with Crippen molar-refractivity contribution in [3.05, 3.63) is 102 Å². The van der Waals surface area contributed by atoms with E-state index in [1.807, 2.05) is 0 Å². The number of fused-ring (bicyclic) bond motifs is 2. The minimum Gasteiger partial charge on any atom is -0.344 e. The maximum absolute atomic E-state index is 2.32. The fourth-order valence-electron chi connectivity index (χ4n) is 3.39. The van der Waals surface area contributed by atoms with Gasteiger partial charge in [-0.2, -0.15) is 0 Å². The van der Waals surface area contributed by atoms with Crippen molar-refractivity contribution in [2.75, 3.05) is 11.9 Å². The molecule has 0 saturated carbocycles. The molecule has 120 valence electrons. The first-order chi connectivity index (χ1) is 11.3. The lowest BCUT2D eigenvalue weighted by atomic mass is 9.84. The van der Waals surface area contributed by atoms with Gasteiger partial charge in [0.15, 0.2) is 0 Å². The third-order valence-electron chi connectivity index (χ3n) is 4.55. The Balaban J connectivity index is 0.00000169. The van der Waals surface area contributed by atoms with Crippen molar-refractivity contribution < 1.29 is 0 Å². The van der Waals surface area contributed by atoms with Crippen LogP contribution in [0.5, 0.6) is 0 Å². The quantitative estimate of drug-likeness (QED) is 0.440. The Kier molecular flexibility index (Phi) is 5.05. The number of hydrogen-bond donors (Lipinski definition) is 0. The second-order valence-corrected chi connectivity index (χ2v) is 5.92. The van der Waals surface area contributed by atoms with Gasteiger partial charge in [-0.3, -0.25) is 0 Å². The summed E-state index contributed by atoms with van der Waals surface area (Å²) in [5.41, 5.74) is 6.53. The molecule has 1 aliphatic heterocycles. The summed E-state index contributed by atoms with van der Waals surface area (Å²) in [5.74, 6) is 0.291. The fraction of sp³-hybridized carbons (Fsp3) is 0.0909. The molecule has 2 heteroatoms. The highest BCUT2D eigenvalue weighted by molar-refractivity contribution is 14.0. The Bertz CT molecular complexity index is 807.